The first-order valence-electron chi connectivity index (χ1n) is 6.00. The van der Waals surface area contributed by atoms with Crippen molar-refractivity contribution in [2.45, 2.75) is 38.2 Å². The summed E-state index contributed by atoms with van der Waals surface area (Å²) in [5, 5.41) is 9.28. The lowest BCUT2D eigenvalue weighted by Crippen LogP contribution is -2.45. The van der Waals surface area contributed by atoms with Gasteiger partial charge in [-0.05, 0) is 32.6 Å². The minimum Gasteiger partial charge on any atom is -0.396 e. The third-order valence-electron chi connectivity index (χ3n) is 4.26. The molecular formula is C12H23NO2. The summed E-state index contributed by atoms with van der Waals surface area (Å²) >= 11 is 0. The Hall–Kier alpha value is -0.120. The molecule has 2 aliphatic rings. The van der Waals surface area contributed by atoms with Gasteiger partial charge in [-0.2, -0.15) is 0 Å². The van der Waals surface area contributed by atoms with Crippen molar-refractivity contribution in [2.24, 2.45) is 5.41 Å². The molecule has 2 rings (SSSR count). The summed E-state index contributed by atoms with van der Waals surface area (Å²) in [7, 11) is 1.81. The second-order valence-electron chi connectivity index (χ2n) is 5.59. The Labute approximate surface area is 92.4 Å². The van der Waals surface area contributed by atoms with E-state index in [0.29, 0.717) is 6.61 Å². The molecule has 1 aliphatic carbocycles. The number of hydrogen-bond acceptors (Lipinski definition) is 3. The van der Waals surface area contributed by atoms with E-state index in [0.717, 1.165) is 32.5 Å². The van der Waals surface area contributed by atoms with Crippen molar-refractivity contribution in [3.8, 4) is 0 Å². The molecule has 0 atom stereocenters. The van der Waals surface area contributed by atoms with Gasteiger partial charge in [0, 0.05) is 38.8 Å². The number of hydrogen-bond donors (Lipinski definition) is 1. The van der Waals surface area contributed by atoms with Crippen LogP contribution >= 0.6 is 0 Å². The molecule has 0 aromatic heterocycles. The Morgan fingerprint density at radius 3 is 2.20 bits per heavy atom. The summed E-state index contributed by atoms with van der Waals surface area (Å²) in [6.45, 7) is 5.88. The van der Waals surface area contributed by atoms with E-state index in [1.54, 1.807) is 0 Å². The quantitative estimate of drug-likeness (QED) is 0.763. The summed E-state index contributed by atoms with van der Waals surface area (Å²) in [5.41, 5.74) is 0.354. The Morgan fingerprint density at radius 1 is 1.20 bits per heavy atom. The van der Waals surface area contributed by atoms with Crippen LogP contribution < -0.4 is 0 Å². The number of methoxy groups -OCH3 is 1. The minimum atomic E-state index is 0.0897. The Balaban J connectivity index is 1.79. The van der Waals surface area contributed by atoms with Crippen molar-refractivity contribution in [3.63, 3.8) is 0 Å². The number of likely N-dealkylation sites (tertiary alicyclic amines) is 1. The van der Waals surface area contributed by atoms with Gasteiger partial charge < -0.3 is 14.7 Å². The van der Waals surface area contributed by atoms with Crippen molar-refractivity contribution in [3.05, 3.63) is 0 Å². The first kappa shape index (κ1) is 11.4. The molecule has 1 aliphatic heterocycles. The highest BCUT2D eigenvalue weighted by Gasteiger charge is 2.44. The highest BCUT2D eigenvalue weighted by molar-refractivity contribution is 4.96. The van der Waals surface area contributed by atoms with Crippen molar-refractivity contribution >= 4 is 0 Å². The first-order valence-corrected chi connectivity index (χ1v) is 6.00. The SMILES string of the molecule is COC1(C)CCN(CC2(CO)CC2)CC1. The molecule has 1 N–H and O–H groups in total. The van der Waals surface area contributed by atoms with E-state index < -0.39 is 0 Å². The number of piperidine rings is 1. The number of rotatable bonds is 4. The molecule has 0 aromatic rings. The second-order valence-corrected chi connectivity index (χ2v) is 5.59. The summed E-state index contributed by atoms with van der Waals surface area (Å²) in [6.07, 6.45) is 4.65. The Kier molecular flexibility index (Phi) is 3.06. The standard InChI is InChI=1S/C12H23NO2/c1-11(15-2)5-7-13(8-6-11)9-12(10-14)3-4-12/h14H,3-10H2,1-2H3. The van der Waals surface area contributed by atoms with E-state index in [4.69, 9.17) is 4.74 Å². The van der Waals surface area contributed by atoms with Crippen LogP contribution in [0.25, 0.3) is 0 Å². The molecule has 0 spiro atoms. The van der Waals surface area contributed by atoms with Crippen LogP contribution in [0.2, 0.25) is 0 Å². The van der Waals surface area contributed by atoms with E-state index in [-0.39, 0.29) is 11.0 Å². The van der Waals surface area contributed by atoms with Crippen LogP contribution in [0.3, 0.4) is 0 Å². The Morgan fingerprint density at radius 2 is 1.80 bits per heavy atom. The fourth-order valence-corrected chi connectivity index (χ4v) is 2.41. The van der Waals surface area contributed by atoms with Gasteiger partial charge in [-0.3, -0.25) is 0 Å². The van der Waals surface area contributed by atoms with Crippen LogP contribution in [0.1, 0.15) is 32.6 Å². The molecule has 88 valence electrons. The predicted octanol–water partition coefficient (Wildman–Crippen LogP) is 1.26. The van der Waals surface area contributed by atoms with Crippen LogP contribution in [0.5, 0.6) is 0 Å². The largest absolute Gasteiger partial charge is 0.396 e. The maximum Gasteiger partial charge on any atom is 0.0675 e. The number of ether oxygens (including phenoxy) is 1. The molecule has 2 fully saturated rings. The molecule has 0 radical (unpaired) electrons. The molecule has 0 unspecified atom stereocenters. The van der Waals surface area contributed by atoms with Crippen molar-refractivity contribution in [2.75, 3.05) is 33.4 Å². The zero-order valence-electron chi connectivity index (χ0n) is 9.96. The zero-order valence-corrected chi connectivity index (χ0v) is 9.96. The lowest BCUT2D eigenvalue weighted by molar-refractivity contribution is -0.0468. The molecule has 0 bridgehead atoms. The maximum atomic E-state index is 9.28. The van der Waals surface area contributed by atoms with Crippen molar-refractivity contribution in [1.82, 2.24) is 4.90 Å². The van der Waals surface area contributed by atoms with E-state index in [1.807, 2.05) is 7.11 Å². The smallest absolute Gasteiger partial charge is 0.0675 e. The summed E-state index contributed by atoms with van der Waals surface area (Å²) in [6, 6.07) is 0. The van der Waals surface area contributed by atoms with Gasteiger partial charge in [-0.15, -0.1) is 0 Å². The van der Waals surface area contributed by atoms with Crippen LogP contribution in [-0.4, -0.2) is 49.0 Å². The summed E-state index contributed by atoms with van der Waals surface area (Å²) in [5.74, 6) is 0. The van der Waals surface area contributed by atoms with Gasteiger partial charge in [0.2, 0.25) is 0 Å². The van der Waals surface area contributed by atoms with Gasteiger partial charge in [0.15, 0.2) is 0 Å². The lowest BCUT2D eigenvalue weighted by Gasteiger charge is -2.39. The van der Waals surface area contributed by atoms with Crippen LogP contribution in [0, 0.1) is 5.41 Å². The fraction of sp³-hybridized carbons (Fsp3) is 1.00. The van der Waals surface area contributed by atoms with Crippen LogP contribution in [0.4, 0.5) is 0 Å². The minimum absolute atomic E-state index is 0.0897. The lowest BCUT2D eigenvalue weighted by atomic mass is 9.92. The molecule has 0 aromatic carbocycles. The molecule has 15 heavy (non-hydrogen) atoms. The average molecular weight is 213 g/mol. The van der Waals surface area contributed by atoms with Gasteiger partial charge in [0.05, 0.1) is 5.60 Å². The predicted molar refractivity (Wildman–Crippen MR) is 59.8 cm³/mol. The third-order valence-corrected chi connectivity index (χ3v) is 4.26. The third kappa shape index (κ3) is 2.52. The normalized spacial score (nSPS) is 29.0. The van der Waals surface area contributed by atoms with Gasteiger partial charge in [-0.25, -0.2) is 0 Å². The molecule has 3 nitrogen and oxygen atoms in total. The summed E-state index contributed by atoms with van der Waals surface area (Å²) < 4.78 is 5.52. The number of nitrogens with zero attached hydrogens (tertiary/aromatic N) is 1. The topological polar surface area (TPSA) is 32.7 Å². The van der Waals surface area contributed by atoms with E-state index in [9.17, 15) is 5.11 Å². The van der Waals surface area contributed by atoms with Gasteiger partial charge in [-0.1, -0.05) is 0 Å². The van der Waals surface area contributed by atoms with Crippen LogP contribution in [0.15, 0.2) is 0 Å². The zero-order chi connectivity index (χ0) is 10.9. The number of aliphatic hydroxyl groups excluding tert-OH is 1. The maximum absolute atomic E-state index is 9.28. The van der Waals surface area contributed by atoms with Crippen molar-refractivity contribution in [1.29, 1.82) is 0 Å². The molecule has 1 saturated carbocycles. The second kappa shape index (κ2) is 4.04. The van der Waals surface area contributed by atoms with Gasteiger partial charge in [0.1, 0.15) is 0 Å². The highest BCUT2D eigenvalue weighted by atomic mass is 16.5. The summed E-state index contributed by atoms with van der Waals surface area (Å²) in [4.78, 5) is 2.49. The highest BCUT2D eigenvalue weighted by Crippen LogP contribution is 2.46. The van der Waals surface area contributed by atoms with Gasteiger partial charge >= 0.3 is 0 Å². The Bertz CT molecular complexity index is 218. The van der Waals surface area contributed by atoms with E-state index >= 15 is 0 Å². The molecule has 0 amide bonds. The van der Waals surface area contributed by atoms with Crippen LogP contribution in [-0.2, 0) is 4.74 Å². The molecule has 1 saturated heterocycles. The molecular weight excluding hydrogens is 190 g/mol. The average Bonchev–Trinajstić information content (AvgIpc) is 3.03. The van der Waals surface area contributed by atoms with E-state index in [1.165, 1.54) is 12.8 Å². The van der Waals surface area contributed by atoms with Gasteiger partial charge in [0.25, 0.3) is 0 Å². The molecule has 1 heterocycles. The fourth-order valence-electron chi connectivity index (χ4n) is 2.41. The first-order chi connectivity index (χ1) is 7.11. The number of aliphatic hydroxyl groups is 1. The van der Waals surface area contributed by atoms with Crippen molar-refractivity contribution < 1.29 is 9.84 Å². The molecule has 3 heteroatoms. The van der Waals surface area contributed by atoms with E-state index in [2.05, 4.69) is 11.8 Å². The monoisotopic (exact) mass is 213 g/mol.